The predicted molar refractivity (Wildman–Crippen MR) is 134 cm³/mol. The standard InChI is InChI=1S/C25H33N5O4/c1-15-22-19(12-20(33-6)23(15)34-7)27-25(28-24(22)32)29(4)14-17-9-8-10-18(11-17)16(2)30(5)21(31)13-26-3/h8-12,16,26H,13-14H2,1-7H3,(H,27,28,32). The summed E-state index contributed by atoms with van der Waals surface area (Å²) >= 11 is 0. The van der Waals surface area contributed by atoms with E-state index in [0.717, 1.165) is 11.1 Å². The van der Waals surface area contributed by atoms with E-state index in [2.05, 4.69) is 21.4 Å². The van der Waals surface area contributed by atoms with Gasteiger partial charge in [0.15, 0.2) is 11.5 Å². The molecule has 2 N–H and O–H groups in total. The second-order valence-corrected chi connectivity index (χ2v) is 8.33. The molecule has 0 aliphatic rings. The quantitative estimate of drug-likeness (QED) is 0.499. The number of hydrogen-bond donors (Lipinski definition) is 2. The smallest absolute Gasteiger partial charge is 0.260 e. The molecule has 34 heavy (non-hydrogen) atoms. The number of nitrogens with zero attached hydrogens (tertiary/aromatic N) is 3. The minimum absolute atomic E-state index is 0.0258. The molecule has 1 amide bonds. The summed E-state index contributed by atoms with van der Waals surface area (Å²) in [6, 6.07) is 9.71. The first kappa shape index (κ1) is 25.0. The summed E-state index contributed by atoms with van der Waals surface area (Å²) in [4.78, 5) is 36.3. The van der Waals surface area contributed by atoms with Crippen LogP contribution in [-0.2, 0) is 11.3 Å². The van der Waals surface area contributed by atoms with E-state index in [1.165, 1.54) is 0 Å². The fraction of sp³-hybridized carbons (Fsp3) is 0.400. The van der Waals surface area contributed by atoms with Crippen LogP contribution in [0.5, 0.6) is 11.5 Å². The van der Waals surface area contributed by atoms with Gasteiger partial charge in [-0.1, -0.05) is 24.3 Å². The lowest BCUT2D eigenvalue weighted by molar-refractivity contribution is -0.130. The molecule has 0 radical (unpaired) electrons. The first-order valence-corrected chi connectivity index (χ1v) is 11.1. The highest BCUT2D eigenvalue weighted by atomic mass is 16.5. The number of likely N-dealkylation sites (N-methyl/N-ethyl adjacent to an activating group) is 2. The highest BCUT2D eigenvalue weighted by Gasteiger charge is 2.19. The summed E-state index contributed by atoms with van der Waals surface area (Å²) in [5, 5.41) is 3.37. The average molecular weight is 468 g/mol. The van der Waals surface area contributed by atoms with Crippen LogP contribution in [0.4, 0.5) is 5.95 Å². The summed E-state index contributed by atoms with van der Waals surface area (Å²) in [6.45, 7) is 4.63. The van der Waals surface area contributed by atoms with Crippen LogP contribution in [0.25, 0.3) is 10.9 Å². The van der Waals surface area contributed by atoms with E-state index < -0.39 is 0 Å². The van der Waals surface area contributed by atoms with Gasteiger partial charge in [-0.15, -0.1) is 0 Å². The number of carbonyl (C=O) groups is 1. The normalized spacial score (nSPS) is 11.9. The minimum atomic E-state index is -0.239. The molecule has 3 aromatic rings. The Hall–Kier alpha value is -3.59. The van der Waals surface area contributed by atoms with Crippen molar-refractivity contribution in [2.24, 2.45) is 0 Å². The number of methoxy groups -OCH3 is 2. The molecule has 182 valence electrons. The SMILES string of the molecule is CNCC(=O)N(C)C(C)c1cccc(CN(C)c2nc3cc(OC)c(OC)c(C)c3c(=O)[nH]2)c1. The number of hydrogen-bond acceptors (Lipinski definition) is 7. The molecule has 0 saturated carbocycles. The molecule has 1 atom stereocenters. The lowest BCUT2D eigenvalue weighted by Crippen LogP contribution is -2.36. The lowest BCUT2D eigenvalue weighted by atomic mass is 10.0. The number of fused-ring (bicyclic) bond motifs is 1. The fourth-order valence-corrected chi connectivity index (χ4v) is 4.03. The Labute approximate surface area is 199 Å². The zero-order chi connectivity index (χ0) is 25.0. The summed E-state index contributed by atoms with van der Waals surface area (Å²) < 4.78 is 10.8. The van der Waals surface area contributed by atoms with Crippen molar-refractivity contribution in [2.45, 2.75) is 26.4 Å². The van der Waals surface area contributed by atoms with Crippen LogP contribution in [0.1, 0.15) is 29.7 Å². The number of ether oxygens (including phenoxy) is 2. The number of aryl methyl sites for hydroxylation is 1. The largest absolute Gasteiger partial charge is 0.493 e. The highest BCUT2D eigenvalue weighted by molar-refractivity contribution is 5.86. The van der Waals surface area contributed by atoms with Crippen molar-refractivity contribution in [1.29, 1.82) is 0 Å². The van der Waals surface area contributed by atoms with Crippen LogP contribution in [0.3, 0.4) is 0 Å². The number of aromatic nitrogens is 2. The third-order valence-corrected chi connectivity index (χ3v) is 6.08. The van der Waals surface area contributed by atoms with Gasteiger partial charge in [-0.25, -0.2) is 4.98 Å². The van der Waals surface area contributed by atoms with Gasteiger partial charge in [-0.3, -0.25) is 14.6 Å². The lowest BCUT2D eigenvalue weighted by Gasteiger charge is -2.26. The monoisotopic (exact) mass is 467 g/mol. The van der Waals surface area contributed by atoms with Gasteiger partial charge in [0.1, 0.15) is 0 Å². The Morgan fingerprint density at radius 1 is 1.21 bits per heavy atom. The molecule has 0 fully saturated rings. The Morgan fingerprint density at radius 2 is 1.94 bits per heavy atom. The van der Waals surface area contributed by atoms with Crippen LogP contribution in [0, 0.1) is 6.92 Å². The molecule has 0 aliphatic heterocycles. The van der Waals surface area contributed by atoms with Crippen LogP contribution in [0.2, 0.25) is 0 Å². The van der Waals surface area contributed by atoms with E-state index in [9.17, 15) is 9.59 Å². The van der Waals surface area contributed by atoms with Crippen LogP contribution in [0.15, 0.2) is 35.1 Å². The molecule has 0 saturated heterocycles. The van der Waals surface area contributed by atoms with Crippen molar-refractivity contribution < 1.29 is 14.3 Å². The fourth-order valence-electron chi connectivity index (χ4n) is 4.03. The molecule has 2 aromatic carbocycles. The van der Waals surface area contributed by atoms with Crippen molar-refractivity contribution in [2.75, 3.05) is 46.8 Å². The van der Waals surface area contributed by atoms with Gasteiger partial charge < -0.3 is 24.6 Å². The van der Waals surface area contributed by atoms with Crippen molar-refractivity contribution in [1.82, 2.24) is 20.2 Å². The number of H-pyrrole nitrogens is 1. The third-order valence-electron chi connectivity index (χ3n) is 6.08. The molecular formula is C25H33N5O4. The Kier molecular flexibility index (Phi) is 7.78. The van der Waals surface area contributed by atoms with Gasteiger partial charge >= 0.3 is 0 Å². The van der Waals surface area contributed by atoms with E-state index in [1.807, 2.05) is 44.0 Å². The second-order valence-electron chi connectivity index (χ2n) is 8.33. The number of aromatic amines is 1. The van der Waals surface area contributed by atoms with Gasteiger partial charge in [0.25, 0.3) is 5.56 Å². The minimum Gasteiger partial charge on any atom is -0.493 e. The molecular weight excluding hydrogens is 434 g/mol. The first-order valence-electron chi connectivity index (χ1n) is 11.1. The molecule has 0 bridgehead atoms. The molecule has 0 spiro atoms. The van der Waals surface area contributed by atoms with Crippen molar-refractivity contribution in [3.63, 3.8) is 0 Å². The van der Waals surface area contributed by atoms with Crippen molar-refractivity contribution in [3.05, 3.63) is 57.4 Å². The highest BCUT2D eigenvalue weighted by Crippen LogP contribution is 2.35. The average Bonchev–Trinajstić information content (AvgIpc) is 2.82. The van der Waals surface area contributed by atoms with Crippen LogP contribution < -0.4 is 25.2 Å². The summed E-state index contributed by atoms with van der Waals surface area (Å²) in [7, 11) is 8.53. The zero-order valence-electron chi connectivity index (χ0n) is 20.9. The number of carbonyl (C=O) groups excluding carboxylic acids is 1. The van der Waals surface area contributed by atoms with E-state index >= 15 is 0 Å². The summed E-state index contributed by atoms with van der Waals surface area (Å²) in [5.74, 6) is 1.52. The second kappa shape index (κ2) is 10.6. The van der Waals surface area contributed by atoms with Crippen LogP contribution in [-0.4, -0.2) is 62.7 Å². The number of rotatable bonds is 9. The van der Waals surface area contributed by atoms with E-state index in [0.29, 0.717) is 47.0 Å². The van der Waals surface area contributed by atoms with Gasteiger partial charge in [0.2, 0.25) is 11.9 Å². The van der Waals surface area contributed by atoms with Crippen molar-refractivity contribution in [3.8, 4) is 11.5 Å². The van der Waals surface area contributed by atoms with Gasteiger partial charge in [-0.2, -0.15) is 0 Å². The maximum absolute atomic E-state index is 12.9. The van der Waals surface area contributed by atoms with Gasteiger partial charge in [0, 0.05) is 32.3 Å². The number of anilines is 1. The Morgan fingerprint density at radius 3 is 2.59 bits per heavy atom. The first-order chi connectivity index (χ1) is 16.2. The topological polar surface area (TPSA) is 99.8 Å². The maximum atomic E-state index is 12.9. The molecule has 1 aromatic heterocycles. The van der Waals surface area contributed by atoms with E-state index in [1.54, 1.807) is 39.3 Å². The number of nitrogens with one attached hydrogen (secondary N) is 2. The molecule has 0 aliphatic carbocycles. The third kappa shape index (κ3) is 4.99. The molecule has 3 rings (SSSR count). The molecule has 9 heteroatoms. The number of amides is 1. The summed E-state index contributed by atoms with van der Waals surface area (Å²) in [5.41, 5.74) is 3.04. The summed E-state index contributed by atoms with van der Waals surface area (Å²) in [6.07, 6.45) is 0. The van der Waals surface area contributed by atoms with Gasteiger partial charge in [-0.05, 0) is 32.0 Å². The zero-order valence-corrected chi connectivity index (χ0v) is 20.9. The Balaban J connectivity index is 1.89. The van der Waals surface area contributed by atoms with Crippen molar-refractivity contribution >= 4 is 22.8 Å². The van der Waals surface area contributed by atoms with E-state index in [4.69, 9.17) is 9.47 Å². The molecule has 1 heterocycles. The van der Waals surface area contributed by atoms with E-state index in [-0.39, 0.29) is 17.5 Å². The van der Waals surface area contributed by atoms with Crippen LogP contribution >= 0.6 is 0 Å². The van der Waals surface area contributed by atoms with Gasteiger partial charge in [0.05, 0.1) is 37.7 Å². The molecule has 9 nitrogen and oxygen atoms in total. The maximum Gasteiger partial charge on any atom is 0.260 e. The molecule has 1 unspecified atom stereocenters. The Bertz CT molecular complexity index is 1240. The number of benzene rings is 2. The predicted octanol–water partition coefficient (Wildman–Crippen LogP) is 2.62.